The lowest BCUT2D eigenvalue weighted by molar-refractivity contribution is -0.159. The van der Waals surface area contributed by atoms with Gasteiger partial charge in [-0.3, -0.25) is 14.5 Å². The second-order valence-corrected chi connectivity index (χ2v) is 10.6. The van der Waals surface area contributed by atoms with Crippen molar-refractivity contribution in [1.29, 1.82) is 0 Å². The van der Waals surface area contributed by atoms with Crippen LogP contribution in [-0.4, -0.2) is 79.2 Å². The van der Waals surface area contributed by atoms with Crippen LogP contribution in [0.3, 0.4) is 0 Å². The van der Waals surface area contributed by atoms with E-state index in [9.17, 15) is 14.4 Å². The van der Waals surface area contributed by atoms with Gasteiger partial charge in [-0.2, -0.15) is 0 Å². The molecule has 1 aliphatic rings. The standard InChI is InChI=1S/C32H45N3O5/c1-6-7-8-9-10-11-19-35-24(2)30(36)33(3)29(31(35)37)21-25-15-17-27(18-16-25)28-14-12-13-26(20-28)22-34(23-39-4)32(38)40-5/h12-18,20,24,29H,6-11,19,21-23H2,1-5H3/t24-,29-/m0/s1. The Bertz CT molecular complexity index is 1120. The van der Waals surface area contributed by atoms with Crippen molar-refractivity contribution in [2.75, 3.05) is 34.5 Å². The topological polar surface area (TPSA) is 79.4 Å². The molecule has 40 heavy (non-hydrogen) atoms. The van der Waals surface area contributed by atoms with E-state index in [2.05, 4.69) is 6.92 Å². The van der Waals surface area contributed by atoms with Crippen LogP contribution in [0.15, 0.2) is 48.5 Å². The number of rotatable bonds is 14. The molecule has 3 amide bonds. The van der Waals surface area contributed by atoms with Gasteiger partial charge < -0.3 is 19.3 Å². The molecule has 2 atom stereocenters. The van der Waals surface area contributed by atoms with E-state index in [1.165, 1.54) is 44.8 Å². The quantitative estimate of drug-likeness (QED) is 0.229. The van der Waals surface area contributed by atoms with Crippen LogP contribution >= 0.6 is 0 Å². The molecule has 1 saturated heterocycles. The minimum Gasteiger partial charge on any atom is -0.453 e. The summed E-state index contributed by atoms with van der Waals surface area (Å²) < 4.78 is 9.99. The smallest absolute Gasteiger partial charge is 0.411 e. The number of hydrogen-bond donors (Lipinski definition) is 0. The summed E-state index contributed by atoms with van der Waals surface area (Å²) in [5.74, 6) is 0.0321. The molecule has 1 heterocycles. The molecule has 0 aromatic heterocycles. The Kier molecular flexibility index (Phi) is 12.0. The van der Waals surface area contributed by atoms with Crippen LogP contribution in [-0.2, 0) is 32.0 Å². The van der Waals surface area contributed by atoms with Gasteiger partial charge in [0.1, 0.15) is 18.8 Å². The molecule has 8 nitrogen and oxygen atoms in total. The summed E-state index contributed by atoms with van der Waals surface area (Å²) >= 11 is 0. The fraction of sp³-hybridized carbons (Fsp3) is 0.531. The van der Waals surface area contributed by atoms with Crippen LogP contribution in [0.2, 0.25) is 0 Å². The molecular weight excluding hydrogens is 506 g/mol. The van der Waals surface area contributed by atoms with Crippen molar-refractivity contribution in [3.63, 3.8) is 0 Å². The zero-order chi connectivity index (χ0) is 29.1. The Balaban J connectivity index is 1.66. The highest BCUT2D eigenvalue weighted by Gasteiger charge is 2.41. The maximum atomic E-state index is 13.5. The van der Waals surface area contributed by atoms with Gasteiger partial charge in [-0.1, -0.05) is 81.5 Å². The van der Waals surface area contributed by atoms with Crippen LogP contribution in [0, 0.1) is 0 Å². The third-order valence-electron chi connectivity index (χ3n) is 7.70. The van der Waals surface area contributed by atoms with Gasteiger partial charge in [0.25, 0.3) is 0 Å². The van der Waals surface area contributed by atoms with E-state index in [0.29, 0.717) is 19.5 Å². The van der Waals surface area contributed by atoms with Crippen molar-refractivity contribution in [3.05, 3.63) is 59.7 Å². The first-order valence-electron chi connectivity index (χ1n) is 14.4. The molecule has 1 fully saturated rings. The third kappa shape index (κ3) is 8.07. The van der Waals surface area contributed by atoms with E-state index < -0.39 is 18.2 Å². The van der Waals surface area contributed by atoms with E-state index >= 15 is 0 Å². The normalized spacial score (nSPS) is 17.3. The predicted molar refractivity (Wildman–Crippen MR) is 157 cm³/mol. The van der Waals surface area contributed by atoms with Crippen molar-refractivity contribution in [2.45, 2.75) is 77.4 Å². The number of nitrogens with zero attached hydrogens (tertiary/aromatic N) is 3. The van der Waals surface area contributed by atoms with Crippen molar-refractivity contribution in [2.24, 2.45) is 0 Å². The van der Waals surface area contributed by atoms with E-state index in [-0.39, 0.29) is 18.5 Å². The fourth-order valence-corrected chi connectivity index (χ4v) is 5.29. The van der Waals surface area contributed by atoms with Crippen molar-refractivity contribution < 1.29 is 23.9 Å². The Morgan fingerprint density at radius 2 is 1.60 bits per heavy atom. The minimum atomic E-state index is -0.497. The molecular formula is C32H45N3O5. The molecule has 2 aromatic carbocycles. The van der Waals surface area contributed by atoms with E-state index in [1.54, 1.807) is 16.8 Å². The Labute approximate surface area is 239 Å². The summed E-state index contributed by atoms with van der Waals surface area (Å²) in [6, 6.07) is 15.2. The maximum Gasteiger partial charge on any atom is 0.411 e. The fourth-order valence-electron chi connectivity index (χ4n) is 5.29. The maximum absolute atomic E-state index is 13.5. The second kappa shape index (κ2) is 15.4. The van der Waals surface area contributed by atoms with Crippen LogP contribution in [0.5, 0.6) is 0 Å². The SMILES string of the molecule is CCCCCCCCN1C(=O)[C@H](Cc2ccc(-c3cccc(CN(COC)C(=O)OC)c3)cc2)N(C)C(=O)[C@@H]1C. The van der Waals surface area contributed by atoms with E-state index in [1.807, 2.05) is 55.5 Å². The van der Waals surface area contributed by atoms with Gasteiger partial charge in [-0.25, -0.2) is 4.79 Å². The first-order chi connectivity index (χ1) is 19.3. The average Bonchev–Trinajstić information content (AvgIpc) is 2.97. The number of carbonyl (C=O) groups is 3. The summed E-state index contributed by atoms with van der Waals surface area (Å²) in [6.45, 7) is 5.18. The molecule has 218 valence electrons. The van der Waals surface area contributed by atoms with Crippen LogP contribution in [0.4, 0.5) is 4.79 Å². The molecule has 0 saturated carbocycles. The lowest BCUT2D eigenvalue weighted by Crippen LogP contribution is -2.63. The molecule has 0 radical (unpaired) electrons. The lowest BCUT2D eigenvalue weighted by Gasteiger charge is -2.42. The van der Waals surface area contributed by atoms with Gasteiger partial charge in [0.05, 0.1) is 13.7 Å². The summed E-state index contributed by atoms with van der Waals surface area (Å²) in [6.07, 6.45) is 6.90. The Morgan fingerprint density at radius 3 is 2.27 bits per heavy atom. The molecule has 3 rings (SSSR count). The number of ether oxygens (including phenoxy) is 2. The van der Waals surface area contributed by atoms with E-state index in [0.717, 1.165) is 35.1 Å². The Hall–Kier alpha value is -3.39. The molecule has 1 aliphatic heterocycles. The average molecular weight is 552 g/mol. The highest BCUT2D eigenvalue weighted by molar-refractivity contribution is 5.96. The van der Waals surface area contributed by atoms with Crippen LogP contribution < -0.4 is 0 Å². The predicted octanol–water partition coefficient (Wildman–Crippen LogP) is 5.49. The van der Waals surface area contributed by atoms with Gasteiger partial charge in [0, 0.05) is 27.1 Å². The molecule has 0 unspecified atom stereocenters. The number of methoxy groups -OCH3 is 2. The number of amides is 3. The monoisotopic (exact) mass is 551 g/mol. The van der Waals surface area contributed by atoms with Gasteiger partial charge in [0.15, 0.2) is 0 Å². The lowest BCUT2D eigenvalue weighted by atomic mass is 9.96. The van der Waals surface area contributed by atoms with E-state index in [4.69, 9.17) is 9.47 Å². The number of piperazine rings is 1. The number of hydrogen-bond acceptors (Lipinski definition) is 5. The Morgan fingerprint density at radius 1 is 0.900 bits per heavy atom. The zero-order valence-electron chi connectivity index (χ0n) is 24.7. The second-order valence-electron chi connectivity index (χ2n) is 10.6. The molecule has 0 N–H and O–H groups in total. The molecule has 0 aliphatic carbocycles. The van der Waals surface area contributed by atoms with Gasteiger partial charge >= 0.3 is 6.09 Å². The zero-order valence-corrected chi connectivity index (χ0v) is 24.7. The highest BCUT2D eigenvalue weighted by atomic mass is 16.6. The minimum absolute atomic E-state index is 0.00140. The van der Waals surface area contributed by atoms with Crippen molar-refractivity contribution in [1.82, 2.24) is 14.7 Å². The third-order valence-corrected chi connectivity index (χ3v) is 7.70. The van der Waals surface area contributed by atoms with Crippen molar-refractivity contribution in [3.8, 4) is 11.1 Å². The highest BCUT2D eigenvalue weighted by Crippen LogP contribution is 2.25. The summed E-state index contributed by atoms with van der Waals surface area (Å²) in [5, 5.41) is 0. The summed E-state index contributed by atoms with van der Waals surface area (Å²) in [5.41, 5.74) is 4.01. The van der Waals surface area contributed by atoms with Crippen molar-refractivity contribution >= 4 is 17.9 Å². The van der Waals surface area contributed by atoms with Crippen LogP contribution in [0.25, 0.3) is 11.1 Å². The first kappa shape index (κ1) is 31.1. The molecule has 2 aromatic rings. The number of likely N-dealkylation sites (N-methyl/N-ethyl adjacent to an activating group) is 1. The summed E-state index contributed by atoms with van der Waals surface area (Å²) in [7, 11) is 4.63. The number of benzene rings is 2. The number of carbonyl (C=O) groups excluding carboxylic acids is 3. The summed E-state index contributed by atoms with van der Waals surface area (Å²) in [4.78, 5) is 43.4. The largest absolute Gasteiger partial charge is 0.453 e. The molecule has 0 spiro atoms. The molecule has 8 heteroatoms. The number of unbranched alkanes of at least 4 members (excludes halogenated alkanes) is 5. The molecule has 0 bridgehead atoms. The van der Waals surface area contributed by atoms with Crippen LogP contribution in [0.1, 0.15) is 63.5 Å². The van der Waals surface area contributed by atoms with Gasteiger partial charge in [-0.15, -0.1) is 0 Å². The van der Waals surface area contributed by atoms with Gasteiger partial charge in [-0.05, 0) is 41.7 Å². The van der Waals surface area contributed by atoms with Gasteiger partial charge in [0.2, 0.25) is 11.8 Å². The first-order valence-corrected chi connectivity index (χ1v) is 14.4.